The molecule has 2 rings (SSSR count). The van der Waals surface area contributed by atoms with E-state index in [4.69, 9.17) is 9.84 Å². The van der Waals surface area contributed by atoms with Gasteiger partial charge in [-0.2, -0.15) is 0 Å². The molecule has 0 aromatic rings. The Kier molecular flexibility index (Phi) is 4.19. The molecule has 102 valence electrons. The first kappa shape index (κ1) is 13.3. The summed E-state index contributed by atoms with van der Waals surface area (Å²) in [5, 5.41) is 12.2. The van der Waals surface area contributed by atoms with Crippen LogP contribution in [0.15, 0.2) is 0 Å². The third-order valence-corrected chi connectivity index (χ3v) is 3.80. The van der Waals surface area contributed by atoms with E-state index in [-0.39, 0.29) is 18.1 Å². The highest BCUT2D eigenvalue weighted by Gasteiger charge is 2.38. The molecule has 0 aromatic heterocycles. The predicted octanol–water partition coefficient (Wildman–Crippen LogP) is -0.313. The maximum Gasteiger partial charge on any atom is 0.308 e. The van der Waals surface area contributed by atoms with Gasteiger partial charge in [0.05, 0.1) is 25.0 Å². The van der Waals surface area contributed by atoms with Gasteiger partial charge >= 0.3 is 5.97 Å². The molecule has 1 amide bonds. The average molecular weight is 256 g/mol. The van der Waals surface area contributed by atoms with Crippen LogP contribution in [-0.2, 0) is 14.3 Å². The van der Waals surface area contributed by atoms with Gasteiger partial charge in [-0.1, -0.05) is 0 Å². The van der Waals surface area contributed by atoms with E-state index in [1.165, 1.54) is 0 Å². The van der Waals surface area contributed by atoms with Gasteiger partial charge in [0.15, 0.2) is 0 Å². The lowest BCUT2D eigenvalue weighted by molar-refractivity contribution is -0.143. The smallest absolute Gasteiger partial charge is 0.308 e. The number of carboxylic acid groups (broad SMARTS) is 1. The number of carboxylic acids is 1. The van der Waals surface area contributed by atoms with Crippen molar-refractivity contribution in [3.63, 3.8) is 0 Å². The fourth-order valence-corrected chi connectivity index (χ4v) is 2.68. The molecule has 3 atom stereocenters. The molecule has 3 unspecified atom stereocenters. The highest BCUT2D eigenvalue weighted by molar-refractivity contribution is 5.79. The van der Waals surface area contributed by atoms with E-state index in [1.54, 1.807) is 4.90 Å². The number of morpholine rings is 1. The minimum Gasteiger partial charge on any atom is -0.481 e. The number of amides is 1. The second kappa shape index (κ2) is 5.67. The third kappa shape index (κ3) is 2.81. The highest BCUT2D eigenvalue weighted by Crippen LogP contribution is 2.25. The van der Waals surface area contributed by atoms with Crippen LogP contribution < -0.4 is 5.32 Å². The Morgan fingerprint density at radius 3 is 2.83 bits per heavy atom. The lowest BCUT2D eigenvalue weighted by atomic mass is 10.0. The van der Waals surface area contributed by atoms with Crippen molar-refractivity contribution in [2.75, 3.05) is 26.2 Å². The van der Waals surface area contributed by atoms with E-state index >= 15 is 0 Å². The Morgan fingerprint density at radius 2 is 2.28 bits per heavy atom. The fraction of sp³-hybridized carbons (Fsp3) is 0.833. The van der Waals surface area contributed by atoms with Crippen molar-refractivity contribution in [3.05, 3.63) is 0 Å². The number of nitrogens with one attached hydrogen (secondary N) is 1. The number of hydrogen-bond donors (Lipinski definition) is 2. The summed E-state index contributed by atoms with van der Waals surface area (Å²) in [6.07, 6.45) is 0.803. The standard InChI is InChI=1S/C12H20N2O4/c1-8-10(12(16)17)2-4-14(8)11(15)6-9-7-13-3-5-18-9/h8-10,13H,2-7H2,1H3,(H,16,17). The van der Waals surface area contributed by atoms with Gasteiger partial charge in [-0.15, -0.1) is 0 Å². The molecule has 0 spiro atoms. The zero-order valence-electron chi connectivity index (χ0n) is 10.6. The predicted molar refractivity (Wildman–Crippen MR) is 64.1 cm³/mol. The summed E-state index contributed by atoms with van der Waals surface area (Å²) >= 11 is 0. The van der Waals surface area contributed by atoms with Crippen molar-refractivity contribution in [1.82, 2.24) is 10.2 Å². The minimum absolute atomic E-state index is 0.0000463. The number of carbonyl (C=O) groups excluding carboxylic acids is 1. The summed E-state index contributed by atoms with van der Waals surface area (Å²) in [6.45, 7) is 4.49. The second-order valence-corrected chi connectivity index (χ2v) is 4.96. The summed E-state index contributed by atoms with van der Waals surface area (Å²) in [5.74, 6) is -1.24. The van der Waals surface area contributed by atoms with Gasteiger partial charge in [-0.3, -0.25) is 9.59 Å². The Hall–Kier alpha value is -1.14. The maximum absolute atomic E-state index is 12.1. The monoisotopic (exact) mass is 256 g/mol. The number of rotatable bonds is 3. The van der Waals surface area contributed by atoms with Crippen LogP contribution in [0.4, 0.5) is 0 Å². The quantitative estimate of drug-likeness (QED) is 0.724. The molecule has 0 bridgehead atoms. The van der Waals surface area contributed by atoms with Crippen LogP contribution in [0, 0.1) is 5.92 Å². The van der Waals surface area contributed by atoms with Gasteiger partial charge in [0, 0.05) is 25.7 Å². The van der Waals surface area contributed by atoms with Gasteiger partial charge in [-0.05, 0) is 13.3 Å². The molecule has 0 aliphatic carbocycles. The number of carbonyl (C=O) groups is 2. The lowest BCUT2D eigenvalue weighted by Gasteiger charge is -2.28. The van der Waals surface area contributed by atoms with Crippen molar-refractivity contribution < 1.29 is 19.4 Å². The summed E-state index contributed by atoms with van der Waals surface area (Å²) in [6, 6.07) is -0.216. The first-order valence-electron chi connectivity index (χ1n) is 6.44. The van der Waals surface area contributed by atoms with Gasteiger partial charge in [-0.25, -0.2) is 0 Å². The number of likely N-dealkylation sites (tertiary alicyclic amines) is 1. The van der Waals surface area contributed by atoms with E-state index in [1.807, 2.05) is 6.92 Å². The van der Waals surface area contributed by atoms with Crippen molar-refractivity contribution in [2.45, 2.75) is 31.9 Å². The Morgan fingerprint density at radius 1 is 1.50 bits per heavy atom. The molecule has 0 aromatic carbocycles. The molecule has 18 heavy (non-hydrogen) atoms. The van der Waals surface area contributed by atoms with Crippen molar-refractivity contribution in [3.8, 4) is 0 Å². The van der Waals surface area contributed by atoms with Crippen molar-refractivity contribution in [1.29, 1.82) is 0 Å². The summed E-state index contributed by atoms with van der Waals surface area (Å²) < 4.78 is 5.49. The molecule has 0 saturated carbocycles. The van der Waals surface area contributed by atoms with E-state index in [0.29, 0.717) is 32.5 Å². The molecular formula is C12H20N2O4. The zero-order valence-corrected chi connectivity index (χ0v) is 10.6. The third-order valence-electron chi connectivity index (χ3n) is 3.80. The number of nitrogens with zero attached hydrogens (tertiary/aromatic N) is 1. The molecule has 0 radical (unpaired) electrons. The van der Waals surface area contributed by atoms with E-state index in [9.17, 15) is 9.59 Å². The molecule has 2 saturated heterocycles. The second-order valence-electron chi connectivity index (χ2n) is 4.96. The van der Waals surface area contributed by atoms with E-state index in [2.05, 4.69) is 5.32 Å². The summed E-state index contributed by atoms with van der Waals surface area (Å²) in [4.78, 5) is 24.8. The lowest BCUT2D eigenvalue weighted by Crippen LogP contribution is -2.44. The number of hydrogen-bond acceptors (Lipinski definition) is 4. The van der Waals surface area contributed by atoms with Crippen LogP contribution in [-0.4, -0.2) is 60.3 Å². The topological polar surface area (TPSA) is 78.9 Å². The number of aliphatic carboxylic acids is 1. The molecule has 6 nitrogen and oxygen atoms in total. The summed E-state index contributed by atoms with van der Waals surface area (Å²) in [5.41, 5.74) is 0. The fourth-order valence-electron chi connectivity index (χ4n) is 2.68. The normalized spacial score (nSPS) is 32.5. The van der Waals surface area contributed by atoms with Crippen LogP contribution in [0.2, 0.25) is 0 Å². The average Bonchev–Trinajstić information content (AvgIpc) is 2.72. The van der Waals surface area contributed by atoms with Crippen LogP contribution in [0.25, 0.3) is 0 Å². The molecule has 2 N–H and O–H groups in total. The van der Waals surface area contributed by atoms with E-state index < -0.39 is 11.9 Å². The highest BCUT2D eigenvalue weighted by atomic mass is 16.5. The largest absolute Gasteiger partial charge is 0.481 e. The molecule has 2 heterocycles. The SMILES string of the molecule is CC1C(C(=O)O)CCN1C(=O)CC1CNCCO1. The van der Waals surface area contributed by atoms with Crippen molar-refractivity contribution in [2.24, 2.45) is 5.92 Å². The Labute approximate surface area is 106 Å². The summed E-state index contributed by atoms with van der Waals surface area (Å²) in [7, 11) is 0. The van der Waals surface area contributed by atoms with Crippen LogP contribution in [0.1, 0.15) is 19.8 Å². The maximum atomic E-state index is 12.1. The molecular weight excluding hydrogens is 236 g/mol. The van der Waals surface area contributed by atoms with Gasteiger partial charge in [0.2, 0.25) is 5.91 Å². The van der Waals surface area contributed by atoms with Crippen LogP contribution in [0.3, 0.4) is 0 Å². The van der Waals surface area contributed by atoms with E-state index in [0.717, 1.165) is 6.54 Å². The number of ether oxygens (including phenoxy) is 1. The van der Waals surface area contributed by atoms with Crippen molar-refractivity contribution >= 4 is 11.9 Å². The first-order chi connectivity index (χ1) is 8.59. The Bertz CT molecular complexity index is 328. The molecule has 6 heteroatoms. The molecule has 2 aliphatic heterocycles. The Balaban J connectivity index is 1.87. The molecule has 2 aliphatic rings. The van der Waals surface area contributed by atoms with Gasteiger partial charge in [0.25, 0.3) is 0 Å². The molecule has 2 fully saturated rings. The zero-order chi connectivity index (χ0) is 13.1. The van der Waals surface area contributed by atoms with Crippen LogP contribution in [0.5, 0.6) is 0 Å². The minimum atomic E-state index is -0.812. The van der Waals surface area contributed by atoms with Gasteiger partial charge < -0.3 is 20.1 Å². The first-order valence-corrected chi connectivity index (χ1v) is 6.44. The van der Waals surface area contributed by atoms with Gasteiger partial charge in [0.1, 0.15) is 0 Å². The van der Waals surface area contributed by atoms with Crippen LogP contribution >= 0.6 is 0 Å².